The predicted molar refractivity (Wildman–Crippen MR) is 141 cm³/mol. The van der Waals surface area contributed by atoms with E-state index in [4.69, 9.17) is 0 Å². The van der Waals surface area contributed by atoms with E-state index in [2.05, 4.69) is 89.9 Å². The highest BCUT2D eigenvalue weighted by Crippen LogP contribution is 2.35. The van der Waals surface area contributed by atoms with Crippen molar-refractivity contribution in [3.05, 3.63) is 72.7 Å². The standard InChI is InChI=1S/C29H32N6O/c36-26-9-11-32(12-10-26)16-21-8-13-33(17-21)25-6-7-27-24(14-25)19-34-18-23(22-4-2-1-3-5-22)15-28(34)29-31-30-20-35(27)29/h1-7,14-15,18,20-21,26,36H,8-13,16-17,19H2/t21-/m1/s1. The van der Waals surface area contributed by atoms with Crippen LogP contribution in [0.4, 0.5) is 5.69 Å². The first-order valence-electron chi connectivity index (χ1n) is 13.2. The second-order valence-corrected chi connectivity index (χ2v) is 10.6. The van der Waals surface area contributed by atoms with Gasteiger partial charge in [-0.1, -0.05) is 30.3 Å². The maximum absolute atomic E-state index is 9.82. The van der Waals surface area contributed by atoms with Crippen molar-refractivity contribution in [2.45, 2.75) is 31.9 Å². The van der Waals surface area contributed by atoms with Crippen molar-refractivity contribution in [3.63, 3.8) is 0 Å². The molecule has 0 spiro atoms. The van der Waals surface area contributed by atoms with Crippen LogP contribution in [-0.2, 0) is 6.54 Å². The largest absolute Gasteiger partial charge is 0.393 e. The molecular weight excluding hydrogens is 448 g/mol. The van der Waals surface area contributed by atoms with Gasteiger partial charge in [-0.05, 0) is 60.6 Å². The summed E-state index contributed by atoms with van der Waals surface area (Å²) in [6, 6.07) is 19.6. The average molecular weight is 481 g/mol. The van der Waals surface area contributed by atoms with E-state index in [0.29, 0.717) is 5.92 Å². The molecule has 2 saturated heterocycles. The van der Waals surface area contributed by atoms with Gasteiger partial charge in [0.05, 0.1) is 17.5 Å². The first kappa shape index (κ1) is 21.8. The van der Waals surface area contributed by atoms with Crippen LogP contribution in [0, 0.1) is 5.92 Å². The Morgan fingerprint density at radius 1 is 0.917 bits per heavy atom. The molecule has 3 aliphatic rings. The van der Waals surface area contributed by atoms with E-state index in [0.717, 1.165) is 69.3 Å². The van der Waals surface area contributed by atoms with Gasteiger partial charge in [-0.15, -0.1) is 10.2 Å². The number of fused-ring (bicyclic) bond motifs is 5. The van der Waals surface area contributed by atoms with Crippen LogP contribution in [-0.4, -0.2) is 68.2 Å². The molecular formula is C29H32N6O. The molecule has 3 aliphatic heterocycles. The minimum atomic E-state index is -0.100. The van der Waals surface area contributed by atoms with Crippen LogP contribution in [0.2, 0.25) is 0 Å². The molecule has 36 heavy (non-hydrogen) atoms. The molecule has 0 bridgehead atoms. The third-order valence-electron chi connectivity index (χ3n) is 8.17. The molecule has 4 aromatic rings. The molecule has 2 fully saturated rings. The molecule has 0 aliphatic carbocycles. The van der Waals surface area contributed by atoms with Crippen LogP contribution in [0.15, 0.2) is 67.1 Å². The number of hydrogen-bond donors (Lipinski definition) is 1. The second kappa shape index (κ2) is 8.91. The minimum absolute atomic E-state index is 0.100. The summed E-state index contributed by atoms with van der Waals surface area (Å²) in [5, 5.41) is 18.6. The second-order valence-electron chi connectivity index (χ2n) is 10.6. The molecule has 1 atom stereocenters. The smallest absolute Gasteiger partial charge is 0.185 e. The molecule has 184 valence electrons. The van der Waals surface area contributed by atoms with Gasteiger partial charge in [0, 0.05) is 56.7 Å². The number of piperidine rings is 1. The zero-order valence-corrected chi connectivity index (χ0v) is 20.5. The summed E-state index contributed by atoms with van der Waals surface area (Å²) in [5.41, 5.74) is 7.26. The number of aromatic nitrogens is 4. The van der Waals surface area contributed by atoms with Crippen LogP contribution in [0.5, 0.6) is 0 Å². The summed E-state index contributed by atoms with van der Waals surface area (Å²) < 4.78 is 4.44. The number of aliphatic hydroxyl groups is 1. The lowest BCUT2D eigenvalue weighted by Gasteiger charge is -2.31. The van der Waals surface area contributed by atoms with Gasteiger partial charge in [0.1, 0.15) is 6.33 Å². The van der Waals surface area contributed by atoms with Crippen LogP contribution in [0.3, 0.4) is 0 Å². The van der Waals surface area contributed by atoms with Crippen LogP contribution in [0.1, 0.15) is 24.8 Å². The van der Waals surface area contributed by atoms with Gasteiger partial charge in [-0.3, -0.25) is 4.57 Å². The van der Waals surface area contributed by atoms with Gasteiger partial charge < -0.3 is 19.5 Å². The molecule has 1 N–H and O–H groups in total. The van der Waals surface area contributed by atoms with Gasteiger partial charge in [0.25, 0.3) is 0 Å². The fourth-order valence-electron chi connectivity index (χ4n) is 6.20. The number of anilines is 1. The van der Waals surface area contributed by atoms with E-state index in [-0.39, 0.29) is 6.10 Å². The van der Waals surface area contributed by atoms with Crippen LogP contribution < -0.4 is 4.90 Å². The molecule has 2 aromatic heterocycles. The molecule has 0 radical (unpaired) electrons. The summed E-state index contributed by atoms with van der Waals surface area (Å²) in [6.07, 6.45) is 7.04. The molecule has 0 amide bonds. The third kappa shape index (κ3) is 3.92. The van der Waals surface area contributed by atoms with Crippen molar-refractivity contribution in [3.8, 4) is 28.3 Å². The SMILES string of the molecule is OC1CCN(C[C@H]2CCN(c3ccc4c(c3)Cn3cc(-c5ccccc5)cc3-c3nncn3-4)C2)CC1. The van der Waals surface area contributed by atoms with Gasteiger partial charge >= 0.3 is 0 Å². The summed E-state index contributed by atoms with van der Waals surface area (Å²) in [4.78, 5) is 5.09. The lowest BCUT2D eigenvalue weighted by Crippen LogP contribution is -2.39. The van der Waals surface area contributed by atoms with E-state index in [1.165, 1.54) is 28.8 Å². The van der Waals surface area contributed by atoms with Gasteiger partial charge in [-0.25, -0.2) is 0 Å². The molecule has 5 heterocycles. The highest BCUT2D eigenvalue weighted by Gasteiger charge is 2.28. The summed E-state index contributed by atoms with van der Waals surface area (Å²) in [7, 11) is 0. The number of benzene rings is 2. The lowest BCUT2D eigenvalue weighted by atomic mass is 10.0. The molecule has 0 saturated carbocycles. The Morgan fingerprint density at radius 2 is 1.78 bits per heavy atom. The Bertz CT molecular complexity index is 1370. The van der Waals surface area contributed by atoms with Gasteiger partial charge in [0.15, 0.2) is 5.82 Å². The van der Waals surface area contributed by atoms with E-state index >= 15 is 0 Å². The maximum atomic E-state index is 9.82. The van der Waals surface area contributed by atoms with E-state index in [9.17, 15) is 5.11 Å². The predicted octanol–water partition coefficient (Wildman–Crippen LogP) is 4.05. The molecule has 2 aromatic carbocycles. The Morgan fingerprint density at radius 3 is 2.64 bits per heavy atom. The van der Waals surface area contributed by atoms with Crippen molar-refractivity contribution in [2.75, 3.05) is 37.6 Å². The van der Waals surface area contributed by atoms with E-state index in [1.807, 2.05) is 6.33 Å². The molecule has 0 unspecified atom stereocenters. The van der Waals surface area contributed by atoms with Crippen molar-refractivity contribution >= 4 is 5.69 Å². The highest BCUT2D eigenvalue weighted by molar-refractivity contribution is 5.72. The zero-order valence-electron chi connectivity index (χ0n) is 20.5. The maximum Gasteiger partial charge on any atom is 0.185 e. The minimum Gasteiger partial charge on any atom is -0.393 e. The fraction of sp³-hybridized carbons (Fsp3) is 0.379. The zero-order chi connectivity index (χ0) is 24.1. The van der Waals surface area contributed by atoms with E-state index in [1.54, 1.807) is 0 Å². The Balaban J connectivity index is 1.15. The highest BCUT2D eigenvalue weighted by atomic mass is 16.3. The van der Waals surface area contributed by atoms with Crippen molar-refractivity contribution < 1.29 is 5.11 Å². The number of nitrogens with zero attached hydrogens (tertiary/aromatic N) is 6. The molecule has 7 heteroatoms. The molecule has 7 rings (SSSR count). The van der Waals surface area contributed by atoms with Crippen LogP contribution in [0.25, 0.3) is 28.3 Å². The third-order valence-corrected chi connectivity index (χ3v) is 8.17. The Kier molecular flexibility index (Phi) is 5.40. The Labute approximate surface area is 211 Å². The summed E-state index contributed by atoms with van der Waals surface area (Å²) >= 11 is 0. The quantitative estimate of drug-likeness (QED) is 0.421. The lowest BCUT2D eigenvalue weighted by molar-refractivity contribution is 0.0762. The summed E-state index contributed by atoms with van der Waals surface area (Å²) in [6.45, 7) is 6.21. The van der Waals surface area contributed by atoms with Crippen LogP contribution >= 0.6 is 0 Å². The average Bonchev–Trinajstić information content (AvgIpc) is 3.65. The van der Waals surface area contributed by atoms with Crippen molar-refractivity contribution in [1.82, 2.24) is 24.2 Å². The number of aliphatic hydroxyl groups excluding tert-OH is 1. The number of hydrogen-bond acceptors (Lipinski definition) is 5. The van der Waals surface area contributed by atoms with Crippen molar-refractivity contribution in [2.24, 2.45) is 5.92 Å². The monoisotopic (exact) mass is 480 g/mol. The van der Waals surface area contributed by atoms with Gasteiger partial charge in [-0.2, -0.15) is 0 Å². The van der Waals surface area contributed by atoms with Crippen molar-refractivity contribution in [1.29, 1.82) is 0 Å². The molecule has 7 nitrogen and oxygen atoms in total. The topological polar surface area (TPSA) is 62.4 Å². The number of likely N-dealkylation sites (tertiary alicyclic amines) is 1. The fourth-order valence-corrected chi connectivity index (χ4v) is 6.20. The first-order valence-corrected chi connectivity index (χ1v) is 13.2. The van der Waals surface area contributed by atoms with Gasteiger partial charge in [0.2, 0.25) is 0 Å². The Hall–Kier alpha value is -3.42. The first-order chi connectivity index (χ1) is 17.7. The normalized spacial score (nSPS) is 20.1. The summed E-state index contributed by atoms with van der Waals surface area (Å²) in [5.74, 6) is 1.57. The number of rotatable bonds is 4. The van der Waals surface area contributed by atoms with E-state index < -0.39 is 0 Å².